The molecular weight excluding hydrogens is 419 g/mol. The fourth-order valence-corrected chi connectivity index (χ4v) is 4.73. The lowest BCUT2D eigenvalue weighted by Crippen LogP contribution is -2.43. The van der Waals surface area contributed by atoms with Crippen LogP contribution < -0.4 is 10.6 Å². The van der Waals surface area contributed by atoms with Gasteiger partial charge in [0.15, 0.2) is 5.60 Å². The van der Waals surface area contributed by atoms with Gasteiger partial charge >= 0.3 is 12.3 Å². The molecular formula is C24H28F3N3O2. The number of hydrogen-bond donors (Lipinski definition) is 2. The molecule has 1 fully saturated rings. The Morgan fingerprint density at radius 2 is 1.59 bits per heavy atom. The number of amides is 1. The first-order chi connectivity index (χ1) is 15.4. The molecule has 1 saturated heterocycles. The molecule has 0 bridgehead atoms. The number of ether oxygens (including phenoxy) is 1. The molecule has 2 aliphatic rings. The minimum Gasteiger partial charge on any atom is -0.433 e. The molecule has 1 heterocycles. The van der Waals surface area contributed by atoms with Crippen molar-refractivity contribution >= 4 is 6.09 Å². The highest BCUT2D eigenvalue weighted by Gasteiger charge is 2.46. The van der Waals surface area contributed by atoms with Crippen molar-refractivity contribution in [3.63, 3.8) is 0 Å². The monoisotopic (exact) mass is 447 g/mol. The summed E-state index contributed by atoms with van der Waals surface area (Å²) in [6, 6.07) is 15.3. The first-order valence-electron chi connectivity index (χ1n) is 11.1. The quantitative estimate of drug-likeness (QED) is 0.623. The first kappa shape index (κ1) is 22.6. The van der Waals surface area contributed by atoms with E-state index in [4.69, 9.17) is 4.74 Å². The molecule has 4 rings (SSSR count). The minimum absolute atomic E-state index is 0.507. The summed E-state index contributed by atoms with van der Waals surface area (Å²) in [5, 5.41) is 5.21. The van der Waals surface area contributed by atoms with E-state index >= 15 is 0 Å². The zero-order chi connectivity index (χ0) is 22.6. The van der Waals surface area contributed by atoms with Crippen molar-refractivity contribution in [3.8, 4) is 11.1 Å². The maximum atomic E-state index is 12.6. The molecule has 0 unspecified atom stereocenters. The molecule has 2 aromatic rings. The third kappa shape index (κ3) is 4.91. The highest BCUT2D eigenvalue weighted by molar-refractivity contribution is 5.82. The van der Waals surface area contributed by atoms with Crippen LogP contribution in [0.4, 0.5) is 18.0 Å². The molecule has 0 saturated carbocycles. The van der Waals surface area contributed by atoms with Gasteiger partial charge in [0.2, 0.25) is 0 Å². The van der Waals surface area contributed by atoms with Crippen molar-refractivity contribution in [1.82, 2.24) is 15.5 Å². The number of rotatable bonds is 7. The van der Waals surface area contributed by atoms with Crippen LogP contribution >= 0.6 is 0 Å². The van der Waals surface area contributed by atoms with Gasteiger partial charge in [0.1, 0.15) is 6.54 Å². The number of unbranched alkanes of at least 4 members (excludes halogenated alkanes) is 1. The first-order valence-corrected chi connectivity index (χ1v) is 11.1. The molecule has 5 nitrogen and oxygen atoms in total. The summed E-state index contributed by atoms with van der Waals surface area (Å²) >= 11 is 0. The van der Waals surface area contributed by atoms with Gasteiger partial charge in [-0.25, -0.2) is 4.79 Å². The van der Waals surface area contributed by atoms with Crippen LogP contribution in [0.2, 0.25) is 0 Å². The van der Waals surface area contributed by atoms with Crippen LogP contribution in [0, 0.1) is 0 Å². The number of halogens is 3. The van der Waals surface area contributed by atoms with Crippen LogP contribution in [0.1, 0.15) is 30.4 Å². The Morgan fingerprint density at radius 1 is 1.00 bits per heavy atom. The maximum absolute atomic E-state index is 12.6. The summed E-state index contributed by atoms with van der Waals surface area (Å²) in [6.07, 6.45) is -3.36. The lowest BCUT2D eigenvalue weighted by Gasteiger charge is -2.33. The van der Waals surface area contributed by atoms with E-state index in [1.54, 1.807) is 0 Å². The summed E-state index contributed by atoms with van der Waals surface area (Å²) in [5.74, 6) is 0. The van der Waals surface area contributed by atoms with Crippen LogP contribution in [0.3, 0.4) is 0 Å². The highest BCUT2D eigenvalue weighted by Crippen LogP contribution is 2.52. The van der Waals surface area contributed by atoms with Crippen molar-refractivity contribution in [2.75, 3.05) is 39.3 Å². The lowest BCUT2D eigenvalue weighted by molar-refractivity contribution is -0.124. The van der Waals surface area contributed by atoms with Gasteiger partial charge in [0.05, 0.1) is 0 Å². The van der Waals surface area contributed by atoms with Gasteiger partial charge in [0, 0.05) is 37.3 Å². The van der Waals surface area contributed by atoms with E-state index in [0.717, 1.165) is 67.8 Å². The van der Waals surface area contributed by atoms with E-state index in [0.29, 0.717) is 6.42 Å². The second kappa shape index (κ2) is 9.50. The van der Waals surface area contributed by atoms with E-state index in [1.165, 1.54) is 0 Å². The van der Waals surface area contributed by atoms with Gasteiger partial charge < -0.3 is 20.3 Å². The topological polar surface area (TPSA) is 53.6 Å². The number of carbonyl (C=O) groups is 1. The van der Waals surface area contributed by atoms with Crippen LogP contribution in [0.15, 0.2) is 48.5 Å². The highest BCUT2D eigenvalue weighted by atomic mass is 19.4. The number of alkyl carbamates (subject to hydrolysis) is 1. The molecule has 1 amide bonds. The van der Waals surface area contributed by atoms with Gasteiger partial charge in [-0.2, -0.15) is 13.2 Å². The van der Waals surface area contributed by atoms with E-state index in [1.807, 2.05) is 53.8 Å². The van der Waals surface area contributed by atoms with E-state index in [2.05, 4.69) is 10.2 Å². The second-order valence-corrected chi connectivity index (χ2v) is 8.33. The molecule has 172 valence electrons. The summed E-state index contributed by atoms with van der Waals surface area (Å²) in [5.41, 5.74) is 2.45. The molecule has 32 heavy (non-hydrogen) atoms. The average molecular weight is 448 g/mol. The number of nitrogens with one attached hydrogen (secondary N) is 2. The number of benzene rings is 2. The fourth-order valence-electron chi connectivity index (χ4n) is 4.73. The standard InChI is InChI=1S/C24H28F3N3O2/c25-24(26,27)17-29-22(31)32-23(11-5-6-14-30-15-12-28-13-16-30)20-9-3-1-7-18(20)19-8-2-4-10-21(19)23/h1-4,7-10,28H,5-6,11-17H2,(H,29,31). The second-order valence-electron chi connectivity index (χ2n) is 8.33. The van der Waals surface area contributed by atoms with Gasteiger partial charge in [-0.15, -0.1) is 0 Å². The van der Waals surface area contributed by atoms with E-state index in [-0.39, 0.29) is 0 Å². The van der Waals surface area contributed by atoms with Crippen LogP contribution in [-0.4, -0.2) is 56.4 Å². The van der Waals surface area contributed by atoms with Crippen molar-refractivity contribution in [2.24, 2.45) is 0 Å². The number of hydrogen-bond acceptors (Lipinski definition) is 4. The lowest BCUT2D eigenvalue weighted by atomic mass is 9.86. The van der Waals surface area contributed by atoms with Crippen molar-refractivity contribution in [1.29, 1.82) is 0 Å². The van der Waals surface area contributed by atoms with Gasteiger partial charge in [-0.05, 0) is 36.9 Å². The largest absolute Gasteiger partial charge is 0.433 e. The van der Waals surface area contributed by atoms with Crippen LogP contribution in [0.5, 0.6) is 0 Å². The predicted octanol–water partition coefficient (Wildman–Crippen LogP) is 4.27. The van der Waals surface area contributed by atoms with E-state index < -0.39 is 24.4 Å². The molecule has 1 aliphatic heterocycles. The zero-order valence-electron chi connectivity index (χ0n) is 17.9. The third-order valence-corrected chi connectivity index (χ3v) is 6.18. The molecule has 0 aromatic heterocycles. The predicted molar refractivity (Wildman–Crippen MR) is 116 cm³/mol. The summed E-state index contributed by atoms with van der Waals surface area (Å²) < 4.78 is 43.8. The average Bonchev–Trinajstić information content (AvgIpc) is 3.06. The van der Waals surface area contributed by atoms with Gasteiger partial charge in [0.25, 0.3) is 0 Å². The SMILES string of the molecule is O=C(NCC(F)(F)F)OC1(CCCCN2CCNCC2)c2ccccc2-c2ccccc21. The van der Waals surface area contributed by atoms with Crippen molar-refractivity contribution in [3.05, 3.63) is 59.7 Å². The van der Waals surface area contributed by atoms with Crippen molar-refractivity contribution < 1.29 is 22.7 Å². The minimum atomic E-state index is -4.50. The molecule has 0 spiro atoms. The zero-order valence-corrected chi connectivity index (χ0v) is 17.9. The number of carbonyl (C=O) groups excluding carboxylic acids is 1. The number of alkyl halides is 3. The number of fused-ring (bicyclic) bond motifs is 3. The third-order valence-electron chi connectivity index (χ3n) is 6.18. The normalized spacial score (nSPS) is 17.5. The Hall–Kier alpha value is -2.58. The Morgan fingerprint density at radius 3 is 2.19 bits per heavy atom. The Balaban J connectivity index is 1.56. The van der Waals surface area contributed by atoms with E-state index in [9.17, 15) is 18.0 Å². The molecule has 2 aromatic carbocycles. The van der Waals surface area contributed by atoms with Gasteiger partial charge in [-0.1, -0.05) is 48.5 Å². The molecule has 0 radical (unpaired) electrons. The van der Waals surface area contributed by atoms with Crippen molar-refractivity contribution in [2.45, 2.75) is 31.0 Å². The van der Waals surface area contributed by atoms with Gasteiger partial charge in [-0.3, -0.25) is 0 Å². The van der Waals surface area contributed by atoms with Crippen LogP contribution in [0.25, 0.3) is 11.1 Å². The summed E-state index contributed by atoms with van der Waals surface area (Å²) in [6.45, 7) is 3.50. The Kier molecular flexibility index (Phi) is 6.71. The van der Waals surface area contributed by atoms with Crippen LogP contribution in [-0.2, 0) is 10.3 Å². The smallest absolute Gasteiger partial charge is 0.408 e. The molecule has 1 aliphatic carbocycles. The summed E-state index contributed by atoms with van der Waals surface area (Å²) in [4.78, 5) is 14.9. The summed E-state index contributed by atoms with van der Waals surface area (Å²) in [7, 11) is 0. The number of piperazine rings is 1. The maximum Gasteiger partial charge on any atom is 0.408 e. The fraction of sp³-hybridized carbons (Fsp3) is 0.458. The number of nitrogens with zero attached hydrogens (tertiary/aromatic N) is 1. The molecule has 2 N–H and O–H groups in total. The molecule has 8 heteroatoms. The molecule has 0 atom stereocenters. The Bertz CT molecular complexity index is 897. The Labute approximate surface area is 185 Å².